The highest BCUT2D eigenvalue weighted by atomic mass is 15.0. The van der Waals surface area contributed by atoms with E-state index in [9.17, 15) is 0 Å². The SMILES string of the molecule is CC1(C)c2cc(-c3nc(-c4ccccc4)nc(-c4ccccc4)n3)ccc2-c2ccc(-n3c4ccc(-c5ccc6c(c5)c5ccccc5n6-c5ccccc5)cc4c4cc5c(cc43)C(C)(C)c3ccccc3-5)cc21. The van der Waals surface area contributed by atoms with Crippen molar-refractivity contribution < 1.29 is 0 Å². The Morgan fingerprint density at radius 2 is 0.730 bits per heavy atom. The van der Waals surface area contributed by atoms with E-state index in [0.717, 1.165) is 28.1 Å². The van der Waals surface area contributed by atoms with E-state index < -0.39 is 0 Å². The van der Waals surface area contributed by atoms with Gasteiger partial charge in [-0.15, -0.1) is 0 Å². The molecule has 3 heterocycles. The molecule has 2 aliphatic carbocycles. The fourth-order valence-corrected chi connectivity index (χ4v) is 12.6. The molecular formula is C69H49N5. The molecule has 3 aromatic heterocycles. The van der Waals surface area contributed by atoms with Gasteiger partial charge in [0, 0.05) is 60.4 Å². The van der Waals surface area contributed by atoms with Crippen LogP contribution >= 0.6 is 0 Å². The molecule has 15 rings (SSSR count). The highest BCUT2D eigenvalue weighted by molar-refractivity contribution is 6.14. The van der Waals surface area contributed by atoms with Gasteiger partial charge in [0.05, 0.1) is 22.1 Å². The summed E-state index contributed by atoms with van der Waals surface area (Å²) in [5.41, 5.74) is 22.4. The van der Waals surface area contributed by atoms with E-state index in [1.54, 1.807) is 0 Å². The minimum Gasteiger partial charge on any atom is -0.309 e. The lowest BCUT2D eigenvalue weighted by Crippen LogP contribution is -2.16. The molecule has 0 atom stereocenters. The Morgan fingerprint density at radius 1 is 0.270 bits per heavy atom. The van der Waals surface area contributed by atoms with Gasteiger partial charge >= 0.3 is 0 Å². The Hall–Kier alpha value is -9.19. The Labute approximate surface area is 429 Å². The number of para-hydroxylation sites is 2. The third-order valence-corrected chi connectivity index (χ3v) is 16.4. The lowest BCUT2D eigenvalue weighted by molar-refractivity contribution is 0.660. The normalized spacial score (nSPS) is 13.9. The van der Waals surface area contributed by atoms with Crippen LogP contribution in [0.5, 0.6) is 0 Å². The largest absolute Gasteiger partial charge is 0.309 e. The zero-order valence-electron chi connectivity index (χ0n) is 41.6. The molecule has 10 aromatic carbocycles. The van der Waals surface area contributed by atoms with Gasteiger partial charge in [-0.3, -0.25) is 0 Å². The molecule has 0 saturated carbocycles. The van der Waals surface area contributed by atoms with Gasteiger partial charge in [-0.05, 0) is 128 Å². The molecule has 0 N–H and O–H groups in total. The van der Waals surface area contributed by atoms with Crippen molar-refractivity contribution in [3.63, 3.8) is 0 Å². The molecular weight excluding hydrogens is 899 g/mol. The van der Waals surface area contributed by atoms with E-state index in [0.29, 0.717) is 17.5 Å². The van der Waals surface area contributed by atoms with Crippen LogP contribution in [0.15, 0.2) is 224 Å². The van der Waals surface area contributed by atoms with E-state index in [1.165, 1.54) is 99.2 Å². The molecule has 0 spiro atoms. The van der Waals surface area contributed by atoms with Crippen LogP contribution in [0.4, 0.5) is 0 Å². The fourth-order valence-electron chi connectivity index (χ4n) is 12.6. The first-order valence-electron chi connectivity index (χ1n) is 25.7. The van der Waals surface area contributed by atoms with Gasteiger partial charge in [-0.1, -0.05) is 179 Å². The van der Waals surface area contributed by atoms with Gasteiger partial charge in [-0.2, -0.15) is 0 Å². The summed E-state index contributed by atoms with van der Waals surface area (Å²) in [7, 11) is 0. The average molecular weight is 948 g/mol. The molecule has 0 aliphatic heterocycles. The van der Waals surface area contributed by atoms with Gasteiger partial charge in [-0.25, -0.2) is 15.0 Å². The number of rotatable bonds is 6. The minimum atomic E-state index is -0.312. The second-order valence-electron chi connectivity index (χ2n) is 21.2. The molecule has 13 aromatic rings. The van der Waals surface area contributed by atoms with Crippen LogP contribution < -0.4 is 0 Å². The number of aromatic nitrogens is 5. The van der Waals surface area contributed by atoms with Crippen LogP contribution in [0, 0.1) is 0 Å². The summed E-state index contributed by atoms with van der Waals surface area (Å²) < 4.78 is 4.91. The van der Waals surface area contributed by atoms with Crippen LogP contribution in [-0.4, -0.2) is 24.1 Å². The highest BCUT2D eigenvalue weighted by Gasteiger charge is 2.38. The van der Waals surface area contributed by atoms with Crippen LogP contribution in [0.3, 0.4) is 0 Å². The monoisotopic (exact) mass is 947 g/mol. The van der Waals surface area contributed by atoms with Gasteiger partial charge in [0.15, 0.2) is 17.5 Å². The van der Waals surface area contributed by atoms with E-state index in [1.807, 2.05) is 36.4 Å². The summed E-state index contributed by atoms with van der Waals surface area (Å²) in [5.74, 6) is 1.98. The van der Waals surface area contributed by atoms with Crippen molar-refractivity contribution in [2.75, 3.05) is 0 Å². The van der Waals surface area contributed by atoms with Gasteiger partial charge in [0.2, 0.25) is 0 Å². The number of nitrogens with zero attached hydrogens (tertiary/aromatic N) is 5. The minimum absolute atomic E-state index is 0.150. The van der Waals surface area contributed by atoms with Crippen molar-refractivity contribution in [3.8, 4) is 78.9 Å². The lowest BCUT2D eigenvalue weighted by atomic mass is 9.81. The number of benzene rings is 10. The van der Waals surface area contributed by atoms with Gasteiger partial charge < -0.3 is 9.13 Å². The van der Waals surface area contributed by atoms with E-state index in [-0.39, 0.29) is 10.8 Å². The highest BCUT2D eigenvalue weighted by Crippen LogP contribution is 2.53. The Kier molecular flexibility index (Phi) is 8.99. The standard InChI is InChI=1S/C69H49N5/c1-68(2)57-26-16-14-24-49(57)53-40-56-55-37-45(44-29-34-62-54(36-44)52-25-15-17-27-61(52)73(62)47-22-12-7-13-23-47)30-35-63(55)74(64(56)41-60(53)68)48-31-33-51-50-32-28-46(38-58(50)69(3,4)59(51)39-48)67-71-65(42-18-8-5-9-19-42)70-66(72-67)43-20-10-6-11-21-43/h5-41H,1-4H3. The molecule has 0 unspecified atom stereocenters. The molecule has 0 radical (unpaired) electrons. The Morgan fingerprint density at radius 3 is 1.41 bits per heavy atom. The smallest absolute Gasteiger partial charge is 0.164 e. The summed E-state index contributed by atoms with van der Waals surface area (Å²) in [6, 6.07) is 81.9. The first kappa shape index (κ1) is 42.5. The molecule has 0 bridgehead atoms. The van der Waals surface area contributed by atoms with Crippen molar-refractivity contribution in [3.05, 3.63) is 247 Å². The van der Waals surface area contributed by atoms with Gasteiger partial charge in [0.1, 0.15) is 0 Å². The van der Waals surface area contributed by atoms with Crippen LogP contribution in [0.25, 0.3) is 123 Å². The summed E-state index contributed by atoms with van der Waals surface area (Å²) in [4.78, 5) is 15.2. The van der Waals surface area contributed by atoms with Crippen molar-refractivity contribution in [2.24, 2.45) is 0 Å². The zero-order valence-corrected chi connectivity index (χ0v) is 41.6. The molecule has 2 aliphatic rings. The van der Waals surface area contributed by atoms with Crippen molar-refractivity contribution in [1.82, 2.24) is 24.1 Å². The maximum atomic E-state index is 5.11. The van der Waals surface area contributed by atoms with Crippen LogP contribution in [-0.2, 0) is 10.8 Å². The van der Waals surface area contributed by atoms with Crippen LogP contribution in [0.2, 0.25) is 0 Å². The van der Waals surface area contributed by atoms with Gasteiger partial charge in [0.25, 0.3) is 0 Å². The summed E-state index contributed by atoms with van der Waals surface area (Å²) in [6.07, 6.45) is 0. The summed E-state index contributed by atoms with van der Waals surface area (Å²) in [5, 5.41) is 4.99. The average Bonchev–Trinajstić information content (AvgIpc) is 4.10. The third kappa shape index (κ3) is 6.20. The molecule has 0 saturated heterocycles. The fraction of sp³-hybridized carbons (Fsp3) is 0.0870. The maximum Gasteiger partial charge on any atom is 0.164 e. The van der Waals surface area contributed by atoms with Crippen molar-refractivity contribution >= 4 is 43.6 Å². The third-order valence-electron chi connectivity index (χ3n) is 16.4. The maximum absolute atomic E-state index is 5.11. The van der Waals surface area contributed by atoms with E-state index >= 15 is 0 Å². The number of fused-ring (bicyclic) bond motifs is 12. The first-order valence-corrected chi connectivity index (χ1v) is 25.7. The molecule has 5 nitrogen and oxygen atoms in total. The second kappa shape index (κ2) is 15.7. The molecule has 0 fully saturated rings. The quantitative estimate of drug-likeness (QED) is 0.167. The van der Waals surface area contributed by atoms with E-state index in [2.05, 4.69) is 225 Å². The van der Waals surface area contributed by atoms with Crippen LogP contribution in [0.1, 0.15) is 49.9 Å². The molecule has 5 heteroatoms. The first-order chi connectivity index (χ1) is 36.2. The summed E-state index contributed by atoms with van der Waals surface area (Å²) >= 11 is 0. The molecule has 74 heavy (non-hydrogen) atoms. The summed E-state index contributed by atoms with van der Waals surface area (Å²) in [6.45, 7) is 9.49. The van der Waals surface area contributed by atoms with Crippen molar-refractivity contribution in [2.45, 2.75) is 38.5 Å². The van der Waals surface area contributed by atoms with Crippen molar-refractivity contribution in [1.29, 1.82) is 0 Å². The van der Waals surface area contributed by atoms with E-state index in [4.69, 9.17) is 15.0 Å². The predicted molar refractivity (Wildman–Crippen MR) is 305 cm³/mol. The topological polar surface area (TPSA) is 48.5 Å². The Bertz CT molecular complexity index is 4410. The number of hydrogen-bond donors (Lipinski definition) is 0. The zero-order chi connectivity index (χ0) is 49.5. The lowest BCUT2D eigenvalue weighted by Gasteiger charge is -2.23. The second-order valence-corrected chi connectivity index (χ2v) is 21.2. The Balaban J connectivity index is 0.885. The predicted octanol–water partition coefficient (Wildman–Crippen LogP) is 17.3. The number of hydrogen-bond acceptors (Lipinski definition) is 3. The molecule has 0 amide bonds. The molecule has 350 valence electrons.